The molecule has 0 nitrogen and oxygen atoms in total. The Morgan fingerprint density at radius 3 is 0.683 bits per heavy atom. The highest BCUT2D eigenvalue weighted by Crippen LogP contribution is 2.66. The van der Waals surface area contributed by atoms with Crippen LogP contribution in [-0.2, 0) is 0 Å². The molecule has 0 aliphatic heterocycles. The van der Waals surface area contributed by atoms with Crippen LogP contribution in [-0.4, -0.2) is 57.5 Å². The van der Waals surface area contributed by atoms with Crippen LogP contribution in [0, 0.1) is 6.92 Å². The third-order valence-electron chi connectivity index (χ3n) is 7.72. The van der Waals surface area contributed by atoms with E-state index in [9.17, 15) is 92.2 Å². The molecule has 0 aliphatic rings. The highest BCUT2D eigenvalue weighted by atomic mass is 127. The molecule has 334 valence electrons. The highest BCUT2D eigenvalue weighted by molar-refractivity contribution is 14.1. The minimum atomic E-state index is -9.12. The zero-order valence-electron chi connectivity index (χ0n) is 28.7. The van der Waals surface area contributed by atoms with Gasteiger partial charge in [-0.3, -0.25) is 0 Å². The molecule has 0 heterocycles. The summed E-state index contributed by atoms with van der Waals surface area (Å²) in [4.78, 5) is 0. The number of aryl methyl sites for hydroxylation is 1. The molecule has 0 unspecified atom stereocenters. The summed E-state index contributed by atoms with van der Waals surface area (Å²) in [6.07, 6.45) is -7.98. The number of alkyl halides is 22. The predicted molar refractivity (Wildman–Crippen MR) is 196 cm³/mol. The van der Waals surface area contributed by atoms with Crippen molar-refractivity contribution in [1.29, 1.82) is 0 Å². The van der Waals surface area contributed by atoms with Crippen molar-refractivity contribution in [2.75, 3.05) is 0 Å². The van der Waals surface area contributed by atoms with Crippen molar-refractivity contribution in [3.8, 4) is 22.3 Å². The molecule has 0 N–H and O–H groups in total. The van der Waals surface area contributed by atoms with Crippen molar-refractivity contribution in [3.05, 3.63) is 116 Å². The van der Waals surface area contributed by atoms with Crippen LogP contribution in [0.25, 0.3) is 22.3 Å². The second kappa shape index (κ2) is 18.4. The lowest BCUT2D eigenvalue weighted by Crippen LogP contribution is -2.76. The minimum Gasteiger partial charge on any atom is -0.192 e. The molecule has 0 aromatic heterocycles. The lowest BCUT2D eigenvalue weighted by molar-refractivity contribution is -0.471. The molecule has 25 heteroatoms. The van der Waals surface area contributed by atoms with E-state index >= 15 is 0 Å². The van der Waals surface area contributed by atoms with Crippen LogP contribution < -0.4 is 0 Å². The van der Waals surface area contributed by atoms with Crippen LogP contribution in [0.5, 0.6) is 0 Å². The van der Waals surface area contributed by atoms with Crippen LogP contribution in [0.2, 0.25) is 0 Å². The number of rotatable bonds is 10. The SMILES string of the molecule is Brc1ccc(-c2ccc(Br)cc2)cc1.Cc1ccc(-c2ccc(Br)cc2)cc1.FC(F)(F)C(F)(F)C(F)(F)C(F)(F)C(F)(F)C(F)(F)C(F)(F)C(F)(F)C(F)(F)C(F)(F)I. The average molecular weight is 1210 g/mol. The summed E-state index contributed by atoms with van der Waals surface area (Å²) < 4.78 is 265. The fraction of sp³-hybridized carbons (Fsp3) is 0.314. The van der Waals surface area contributed by atoms with E-state index in [-0.39, 0.29) is 0 Å². The van der Waals surface area contributed by atoms with Gasteiger partial charge in [-0.05, 0) is 65.6 Å². The van der Waals surface area contributed by atoms with E-state index < -0.39 is 80.1 Å². The molecule has 4 rings (SSSR count). The molecule has 0 saturated carbocycles. The van der Waals surface area contributed by atoms with Crippen LogP contribution in [0.15, 0.2) is 110 Å². The fourth-order valence-electron chi connectivity index (χ4n) is 4.21. The Labute approximate surface area is 363 Å². The molecule has 0 spiro atoms. The molecule has 0 aliphatic carbocycles. The van der Waals surface area contributed by atoms with E-state index in [4.69, 9.17) is 0 Å². The summed E-state index contributed by atoms with van der Waals surface area (Å²) in [5, 5.41) is 0. The summed E-state index contributed by atoms with van der Waals surface area (Å²) >= 11 is 9.13. The maximum absolute atomic E-state index is 13.2. The molecule has 0 amide bonds. The van der Waals surface area contributed by atoms with Crippen molar-refractivity contribution >= 4 is 70.4 Å². The first-order valence-corrected chi connectivity index (χ1v) is 18.7. The lowest BCUT2D eigenvalue weighted by atomic mass is 9.87. The summed E-state index contributed by atoms with van der Waals surface area (Å²) in [5.41, 5.74) is 6.29. The van der Waals surface area contributed by atoms with Crippen molar-refractivity contribution in [2.24, 2.45) is 0 Å². The van der Waals surface area contributed by atoms with E-state index in [1.165, 1.54) is 27.8 Å². The predicted octanol–water partition coefficient (Wildman–Crippen LogP) is 17.0. The molecular weight excluding hydrogens is 1190 g/mol. The molecule has 0 bridgehead atoms. The van der Waals surface area contributed by atoms with E-state index in [0.29, 0.717) is 0 Å². The van der Waals surface area contributed by atoms with Gasteiger partial charge in [0.1, 0.15) is 0 Å². The average Bonchev–Trinajstić information content (AvgIpc) is 3.12. The zero-order chi connectivity index (χ0) is 46.9. The highest BCUT2D eigenvalue weighted by Gasteiger charge is 2.97. The van der Waals surface area contributed by atoms with Gasteiger partial charge in [-0.25, -0.2) is 0 Å². The number of halogens is 25. The van der Waals surface area contributed by atoms with E-state index in [1.807, 2.05) is 0 Å². The second-order valence-corrected chi connectivity index (χ2v) is 16.1. The van der Waals surface area contributed by atoms with E-state index in [1.54, 1.807) is 0 Å². The maximum atomic E-state index is 13.2. The molecular formula is C35H19Br3F21I. The molecule has 0 saturated heterocycles. The number of hydrogen-bond donors (Lipinski definition) is 0. The quantitative estimate of drug-likeness (QED) is 0.0843. The van der Waals surface area contributed by atoms with Crippen molar-refractivity contribution < 1.29 is 92.2 Å². The molecule has 60 heavy (non-hydrogen) atoms. The second-order valence-electron chi connectivity index (χ2n) is 12.0. The molecule has 0 atom stereocenters. The van der Waals surface area contributed by atoms with E-state index in [0.717, 1.165) is 13.4 Å². The van der Waals surface area contributed by atoms with Gasteiger partial charge in [0.25, 0.3) is 0 Å². The van der Waals surface area contributed by atoms with Gasteiger partial charge in [-0.2, -0.15) is 92.2 Å². The van der Waals surface area contributed by atoms with Gasteiger partial charge in [0, 0.05) is 36.0 Å². The Bertz CT molecular complexity index is 1780. The zero-order valence-corrected chi connectivity index (χ0v) is 35.6. The molecule has 0 fully saturated rings. The topological polar surface area (TPSA) is 0 Å². The molecule has 0 radical (unpaired) electrons. The Kier molecular flexibility index (Phi) is 16.4. The third kappa shape index (κ3) is 10.3. The first-order valence-electron chi connectivity index (χ1n) is 15.3. The van der Waals surface area contributed by atoms with Crippen molar-refractivity contribution in [1.82, 2.24) is 0 Å². The first-order chi connectivity index (χ1) is 26.8. The number of benzene rings is 4. The van der Waals surface area contributed by atoms with Gasteiger partial charge in [0.05, 0.1) is 0 Å². The van der Waals surface area contributed by atoms with Crippen LogP contribution >= 0.6 is 70.4 Å². The Morgan fingerprint density at radius 1 is 0.300 bits per heavy atom. The van der Waals surface area contributed by atoms with Crippen LogP contribution in [0.3, 0.4) is 0 Å². The van der Waals surface area contributed by atoms with Crippen LogP contribution in [0.4, 0.5) is 92.2 Å². The van der Waals surface area contributed by atoms with Gasteiger partial charge < -0.3 is 0 Å². The number of hydrogen-bond acceptors (Lipinski definition) is 0. The fourth-order valence-corrected chi connectivity index (χ4v) is 5.34. The lowest BCUT2D eigenvalue weighted by Gasteiger charge is -2.44. The van der Waals surface area contributed by atoms with Crippen molar-refractivity contribution in [3.63, 3.8) is 0 Å². The maximum Gasteiger partial charge on any atom is 0.460 e. The summed E-state index contributed by atoms with van der Waals surface area (Å²) in [7, 11) is 0. The van der Waals surface area contributed by atoms with Gasteiger partial charge in [-0.1, -0.05) is 114 Å². The summed E-state index contributed by atoms with van der Waals surface area (Å²) in [6, 6.07) is 33.6. The van der Waals surface area contributed by atoms with Gasteiger partial charge in [0.2, 0.25) is 0 Å². The normalized spacial score (nSPS) is 13.8. The standard InChI is InChI=1S/C13H11Br.C12H8Br2.C10F21I/c1-10-2-4-11(5-3-10)12-6-8-13(14)9-7-12;13-11-5-1-9(2-6-11)10-3-7-12(14)8-4-10;11-1(12,3(15,16)5(19,20)7(23,24)9(27,28)29)2(13,14)4(17,18)6(21,22)8(25,26)10(30,31)32/h2-9H,1H3;1-8H;. The monoisotopic (exact) mass is 1200 g/mol. The largest absolute Gasteiger partial charge is 0.460 e. The smallest absolute Gasteiger partial charge is 0.192 e. The first kappa shape index (κ1) is 53.7. The van der Waals surface area contributed by atoms with Gasteiger partial charge in [-0.15, -0.1) is 0 Å². The van der Waals surface area contributed by atoms with Crippen molar-refractivity contribution in [2.45, 2.75) is 64.4 Å². The van der Waals surface area contributed by atoms with Crippen LogP contribution in [0.1, 0.15) is 5.56 Å². The van der Waals surface area contributed by atoms with E-state index in [2.05, 4.69) is 152 Å². The molecule has 4 aromatic rings. The summed E-state index contributed by atoms with van der Waals surface area (Å²) in [5.74, 6) is -69.7. The Hall–Kier alpha value is -2.42. The Balaban J connectivity index is 0.000000358. The molecule has 4 aromatic carbocycles. The summed E-state index contributed by atoms with van der Waals surface area (Å²) in [6.45, 7) is 2.10. The van der Waals surface area contributed by atoms with Gasteiger partial charge in [0.15, 0.2) is 0 Å². The minimum absolute atomic E-state index is 1.11. The Morgan fingerprint density at radius 2 is 0.483 bits per heavy atom. The van der Waals surface area contributed by atoms with Gasteiger partial charge >= 0.3 is 57.5 Å². The third-order valence-corrected chi connectivity index (χ3v) is 9.99.